The predicted molar refractivity (Wildman–Crippen MR) is 82.6 cm³/mol. The quantitative estimate of drug-likeness (QED) is 0.764. The van der Waals surface area contributed by atoms with Crippen molar-refractivity contribution in [3.63, 3.8) is 0 Å². The molecule has 1 atom stereocenters. The van der Waals surface area contributed by atoms with Crippen LogP contribution in [-0.4, -0.2) is 25.5 Å². The third-order valence-corrected chi connectivity index (χ3v) is 5.99. The summed E-state index contributed by atoms with van der Waals surface area (Å²) in [7, 11) is 0. The van der Waals surface area contributed by atoms with Crippen molar-refractivity contribution in [2.24, 2.45) is 4.99 Å². The van der Waals surface area contributed by atoms with Crippen LogP contribution in [0.3, 0.4) is 0 Å². The molecule has 2 aromatic carbocycles. The van der Waals surface area contributed by atoms with E-state index in [1.54, 1.807) is 0 Å². The van der Waals surface area contributed by atoms with Gasteiger partial charge in [-0.15, -0.1) is 0 Å². The Morgan fingerprint density at radius 1 is 1.10 bits per heavy atom. The van der Waals surface area contributed by atoms with Crippen LogP contribution in [-0.2, 0) is 4.79 Å². The molecule has 0 bridgehead atoms. The molecular weight excluding hydrogens is 337 g/mol. The van der Waals surface area contributed by atoms with Gasteiger partial charge in [0.2, 0.25) is 0 Å². The molecule has 0 radical (unpaired) electrons. The van der Waals surface area contributed by atoms with Crippen LogP contribution in [0.25, 0.3) is 0 Å². The second-order valence-corrected chi connectivity index (χ2v) is 7.48. The molecule has 0 saturated carbocycles. The molecular formula is C16H12ClNOSe. The van der Waals surface area contributed by atoms with Crippen molar-refractivity contribution in [2.45, 2.75) is 11.2 Å². The van der Waals surface area contributed by atoms with E-state index in [0.717, 1.165) is 20.8 Å². The van der Waals surface area contributed by atoms with Crippen molar-refractivity contribution in [3.05, 3.63) is 70.7 Å². The molecule has 20 heavy (non-hydrogen) atoms. The van der Waals surface area contributed by atoms with E-state index < -0.39 is 0 Å². The Morgan fingerprint density at radius 2 is 1.90 bits per heavy atom. The average Bonchev–Trinajstić information content (AvgIpc) is 2.47. The summed E-state index contributed by atoms with van der Waals surface area (Å²) >= 11 is 6.18. The normalized spacial score (nSPS) is 18.8. The average molecular weight is 349 g/mol. The van der Waals surface area contributed by atoms with Gasteiger partial charge in [-0.25, -0.2) is 0 Å². The van der Waals surface area contributed by atoms with E-state index >= 15 is 0 Å². The Labute approximate surface area is 129 Å². The van der Waals surface area contributed by atoms with E-state index in [4.69, 9.17) is 11.6 Å². The third-order valence-electron chi connectivity index (χ3n) is 3.08. The number of benzene rings is 2. The Bertz CT molecular complexity index is 669. The Balaban J connectivity index is 1.91. The first-order valence-electron chi connectivity index (χ1n) is 6.31. The molecule has 2 aromatic rings. The Kier molecular flexibility index (Phi) is 4.02. The summed E-state index contributed by atoms with van der Waals surface area (Å²) in [5.74, 6) is -0.0399. The number of carbonyl (C=O) groups is 1. The van der Waals surface area contributed by atoms with Gasteiger partial charge in [0.1, 0.15) is 0 Å². The van der Waals surface area contributed by atoms with Crippen LogP contribution in [0.1, 0.15) is 22.4 Å². The van der Waals surface area contributed by atoms with Crippen LogP contribution in [0, 0.1) is 0 Å². The summed E-state index contributed by atoms with van der Waals surface area (Å²) in [5, 5.41) is 0.717. The molecule has 0 saturated heterocycles. The molecule has 1 aliphatic rings. The molecule has 0 unspecified atom stereocenters. The zero-order valence-electron chi connectivity index (χ0n) is 10.6. The standard InChI is InChI=1S/C16H12ClNOSe/c17-13-8-4-7-12(9-13)14-10-15(19)18-16(20-14)11-5-2-1-3-6-11/h1-9,14H,10H2/t14-/m1/s1. The second-order valence-electron chi connectivity index (χ2n) is 4.54. The van der Waals surface area contributed by atoms with E-state index in [2.05, 4.69) is 4.99 Å². The number of hydrogen-bond donors (Lipinski definition) is 0. The minimum absolute atomic E-state index is 0.0399. The zero-order valence-corrected chi connectivity index (χ0v) is 13.1. The molecule has 0 spiro atoms. The van der Waals surface area contributed by atoms with Crippen molar-refractivity contribution in [1.82, 2.24) is 0 Å². The van der Waals surface area contributed by atoms with Gasteiger partial charge in [0, 0.05) is 0 Å². The van der Waals surface area contributed by atoms with Crippen LogP contribution in [0.2, 0.25) is 5.02 Å². The van der Waals surface area contributed by atoms with Crippen LogP contribution >= 0.6 is 11.6 Å². The molecule has 0 aromatic heterocycles. The van der Waals surface area contributed by atoms with Gasteiger partial charge in [-0.1, -0.05) is 0 Å². The van der Waals surface area contributed by atoms with Crippen LogP contribution < -0.4 is 0 Å². The number of hydrogen-bond acceptors (Lipinski definition) is 1. The van der Waals surface area contributed by atoms with Gasteiger partial charge >= 0.3 is 129 Å². The van der Waals surface area contributed by atoms with E-state index in [1.165, 1.54) is 0 Å². The van der Waals surface area contributed by atoms with E-state index in [0.29, 0.717) is 6.42 Å². The predicted octanol–water partition coefficient (Wildman–Crippen LogP) is 3.46. The number of halogens is 1. The van der Waals surface area contributed by atoms with E-state index in [-0.39, 0.29) is 25.7 Å². The fraction of sp³-hybridized carbons (Fsp3) is 0.125. The maximum atomic E-state index is 11.9. The fourth-order valence-electron chi connectivity index (χ4n) is 2.13. The third kappa shape index (κ3) is 3.01. The van der Waals surface area contributed by atoms with Crippen LogP contribution in [0.15, 0.2) is 59.6 Å². The summed E-state index contributed by atoms with van der Waals surface area (Å²) in [6.07, 6.45) is 0.483. The summed E-state index contributed by atoms with van der Waals surface area (Å²) in [6, 6.07) is 17.7. The molecule has 1 amide bonds. The number of amides is 1. The fourth-order valence-corrected chi connectivity index (χ4v) is 4.85. The molecule has 1 heterocycles. The van der Waals surface area contributed by atoms with Crippen LogP contribution in [0.5, 0.6) is 0 Å². The van der Waals surface area contributed by atoms with Gasteiger partial charge in [0.25, 0.3) is 0 Å². The zero-order chi connectivity index (χ0) is 13.9. The number of rotatable bonds is 2. The summed E-state index contributed by atoms with van der Waals surface area (Å²) in [4.78, 5) is 16.4. The van der Waals surface area contributed by atoms with Gasteiger partial charge in [0.15, 0.2) is 0 Å². The van der Waals surface area contributed by atoms with Crippen molar-refractivity contribution in [3.8, 4) is 0 Å². The number of nitrogens with zero attached hydrogens (tertiary/aromatic N) is 1. The van der Waals surface area contributed by atoms with Crippen molar-refractivity contribution in [1.29, 1.82) is 0 Å². The molecule has 0 aliphatic carbocycles. The van der Waals surface area contributed by atoms with Gasteiger partial charge in [0.05, 0.1) is 0 Å². The van der Waals surface area contributed by atoms with E-state index in [9.17, 15) is 4.79 Å². The Morgan fingerprint density at radius 3 is 2.65 bits per heavy atom. The van der Waals surface area contributed by atoms with Gasteiger partial charge in [-0.3, -0.25) is 0 Å². The monoisotopic (exact) mass is 349 g/mol. The van der Waals surface area contributed by atoms with Gasteiger partial charge in [-0.05, 0) is 0 Å². The summed E-state index contributed by atoms with van der Waals surface area (Å²) in [6.45, 7) is 0. The first-order valence-corrected chi connectivity index (χ1v) is 8.54. The molecule has 100 valence electrons. The Hall–Kier alpha value is -1.41. The molecule has 4 heteroatoms. The molecule has 1 aliphatic heterocycles. The van der Waals surface area contributed by atoms with Crippen molar-refractivity contribution < 1.29 is 4.79 Å². The van der Waals surface area contributed by atoms with E-state index in [1.807, 2.05) is 54.6 Å². The number of carbonyl (C=O) groups excluding carboxylic acids is 1. The minimum atomic E-state index is -0.0399. The molecule has 3 rings (SSSR count). The van der Waals surface area contributed by atoms with Crippen molar-refractivity contribution >= 4 is 37.1 Å². The number of aliphatic imine (C=N–C) groups is 1. The van der Waals surface area contributed by atoms with Crippen LogP contribution in [0.4, 0.5) is 0 Å². The van der Waals surface area contributed by atoms with Gasteiger partial charge < -0.3 is 0 Å². The van der Waals surface area contributed by atoms with Gasteiger partial charge in [-0.2, -0.15) is 0 Å². The topological polar surface area (TPSA) is 29.4 Å². The molecule has 0 fully saturated rings. The summed E-state index contributed by atoms with van der Waals surface area (Å²) < 4.78 is 0.930. The first kappa shape index (κ1) is 13.6. The SMILES string of the molecule is O=C1C[C@H](c2cccc(Cl)c2)[Se]C(c2ccccc2)=N1. The summed E-state index contributed by atoms with van der Waals surface area (Å²) in [5.41, 5.74) is 2.18. The molecule has 0 N–H and O–H groups in total. The second kappa shape index (κ2) is 5.92. The molecule has 2 nitrogen and oxygen atoms in total. The first-order chi connectivity index (χ1) is 9.72. The maximum absolute atomic E-state index is 11.9. The van der Waals surface area contributed by atoms with Crippen molar-refractivity contribution in [2.75, 3.05) is 0 Å².